The molecule has 1 N–H and O–H groups in total. The quantitative estimate of drug-likeness (QED) is 0.614. The molecule has 0 aromatic carbocycles. The van der Waals surface area contributed by atoms with E-state index in [-0.39, 0.29) is 17.4 Å². The van der Waals surface area contributed by atoms with Gasteiger partial charge in [-0.05, 0) is 20.8 Å². The van der Waals surface area contributed by atoms with E-state index in [0.717, 1.165) is 0 Å². The van der Waals surface area contributed by atoms with E-state index >= 15 is 0 Å². The maximum Gasteiger partial charge on any atom is 0.330 e. The summed E-state index contributed by atoms with van der Waals surface area (Å²) in [6, 6.07) is -0.562. The van der Waals surface area contributed by atoms with Crippen molar-refractivity contribution in [3.05, 3.63) is 16.3 Å². The number of anilines is 1. The fourth-order valence-corrected chi connectivity index (χ4v) is 1.79. The second-order valence-corrected chi connectivity index (χ2v) is 4.17. The van der Waals surface area contributed by atoms with Crippen LogP contribution in [-0.4, -0.2) is 44.6 Å². The van der Waals surface area contributed by atoms with E-state index in [9.17, 15) is 14.9 Å². The number of nitrogens with one attached hydrogen (secondary N) is 1. The summed E-state index contributed by atoms with van der Waals surface area (Å²) in [6.45, 7) is 6.64. The van der Waals surface area contributed by atoms with E-state index < -0.39 is 11.0 Å². The summed E-state index contributed by atoms with van der Waals surface area (Å²) in [5.74, 6) is 0.00505. The van der Waals surface area contributed by atoms with Gasteiger partial charge in [-0.2, -0.15) is 0 Å². The smallest absolute Gasteiger partial charge is 0.330 e. The van der Waals surface area contributed by atoms with Gasteiger partial charge in [-0.25, -0.2) is 0 Å². The number of amides is 1. The first-order valence-corrected chi connectivity index (χ1v) is 6.14. The van der Waals surface area contributed by atoms with Crippen molar-refractivity contribution in [2.24, 2.45) is 7.05 Å². The van der Waals surface area contributed by atoms with Gasteiger partial charge in [0.1, 0.15) is 12.2 Å². The molecule has 8 nitrogen and oxygen atoms in total. The normalized spacial score (nSPS) is 12.0. The Morgan fingerprint density at radius 2 is 2.16 bits per heavy atom. The number of nitro groups is 1. The lowest BCUT2D eigenvalue weighted by atomic mass is 10.2. The predicted molar refractivity (Wildman–Crippen MR) is 70.9 cm³/mol. The average Bonchev–Trinajstić information content (AvgIpc) is 2.71. The van der Waals surface area contributed by atoms with Crippen LogP contribution in [0.4, 0.5) is 11.5 Å². The van der Waals surface area contributed by atoms with Gasteiger partial charge in [-0.15, -0.1) is 5.10 Å². The van der Waals surface area contributed by atoms with Gasteiger partial charge >= 0.3 is 5.69 Å². The van der Waals surface area contributed by atoms with Gasteiger partial charge in [-0.1, -0.05) is 0 Å². The average molecular weight is 269 g/mol. The molecule has 1 aromatic heterocycles. The molecule has 0 spiro atoms. The molecule has 1 rings (SSSR count). The van der Waals surface area contributed by atoms with Gasteiger partial charge in [0.2, 0.25) is 11.7 Å². The summed E-state index contributed by atoms with van der Waals surface area (Å²) in [4.78, 5) is 24.0. The third-order valence-electron chi connectivity index (χ3n) is 2.80. The van der Waals surface area contributed by atoms with E-state index in [2.05, 4.69) is 10.4 Å². The molecule has 0 saturated heterocycles. The van der Waals surface area contributed by atoms with Crippen LogP contribution in [0.5, 0.6) is 0 Å². The third kappa shape index (κ3) is 3.43. The van der Waals surface area contributed by atoms with Gasteiger partial charge < -0.3 is 10.2 Å². The summed E-state index contributed by atoms with van der Waals surface area (Å²) in [7, 11) is 1.59. The van der Waals surface area contributed by atoms with Crippen LogP contribution in [0.1, 0.15) is 20.8 Å². The SMILES string of the molecule is CCN(CC)C(=O)C(C)Nc1nn(C)cc1[N+](=O)[O-]. The topological polar surface area (TPSA) is 93.3 Å². The van der Waals surface area contributed by atoms with Crippen LogP contribution >= 0.6 is 0 Å². The number of likely N-dealkylation sites (N-methyl/N-ethyl adjacent to an activating group) is 1. The molecule has 19 heavy (non-hydrogen) atoms. The van der Waals surface area contributed by atoms with E-state index in [0.29, 0.717) is 13.1 Å². The molecule has 0 aliphatic carbocycles. The number of rotatable bonds is 6. The molecule has 0 saturated carbocycles. The highest BCUT2D eigenvalue weighted by Crippen LogP contribution is 2.22. The highest BCUT2D eigenvalue weighted by molar-refractivity contribution is 5.84. The zero-order valence-corrected chi connectivity index (χ0v) is 11.6. The molecule has 0 aliphatic rings. The molecule has 1 unspecified atom stereocenters. The molecule has 0 aliphatic heterocycles. The van der Waals surface area contributed by atoms with Gasteiger partial charge in [0.05, 0.1) is 4.92 Å². The Labute approximate surface area is 111 Å². The molecule has 0 radical (unpaired) electrons. The van der Waals surface area contributed by atoms with Crippen molar-refractivity contribution in [3.63, 3.8) is 0 Å². The molecule has 1 aromatic rings. The Morgan fingerprint density at radius 3 is 2.63 bits per heavy atom. The monoisotopic (exact) mass is 269 g/mol. The minimum absolute atomic E-state index is 0.107. The molecular weight excluding hydrogens is 250 g/mol. The molecule has 1 atom stereocenters. The molecule has 1 amide bonds. The minimum Gasteiger partial charge on any atom is -0.351 e. The van der Waals surface area contributed by atoms with Crippen LogP contribution in [0.3, 0.4) is 0 Å². The van der Waals surface area contributed by atoms with E-state index in [1.165, 1.54) is 10.9 Å². The van der Waals surface area contributed by atoms with Crippen molar-refractivity contribution < 1.29 is 9.72 Å². The van der Waals surface area contributed by atoms with Crippen molar-refractivity contribution in [3.8, 4) is 0 Å². The number of aryl methyl sites for hydroxylation is 1. The summed E-state index contributed by atoms with van der Waals surface area (Å²) in [5, 5.41) is 17.6. The number of nitrogens with zero attached hydrogens (tertiary/aromatic N) is 4. The fourth-order valence-electron chi connectivity index (χ4n) is 1.79. The zero-order valence-electron chi connectivity index (χ0n) is 11.6. The van der Waals surface area contributed by atoms with Gasteiger partial charge in [-0.3, -0.25) is 19.6 Å². The maximum atomic E-state index is 12.1. The standard InChI is InChI=1S/C11H19N5O3/c1-5-15(6-2)11(17)8(3)12-10-9(16(18)19)7-14(4)13-10/h7-8H,5-6H2,1-4H3,(H,12,13). The molecule has 0 bridgehead atoms. The van der Waals surface area contributed by atoms with Crippen LogP contribution in [0.25, 0.3) is 0 Å². The van der Waals surface area contributed by atoms with Crippen LogP contribution in [0, 0.1) is 10.1 Å². The van der Waals surface area contributed by atoms with Crippen LogP contribution < -0.4 is 5.32 Å². The Bertz CT molecular complexity index is 467. The number of hydrogen-bond donors (Lipinski definition) is 1. The Hall–Kier alpha value is -2.12. The summed E-state index contributed by atoms with van der Waals surface area (Å²) < 4.78 is 1.34. The second kappa shape index (κ2) is 6.17. The van der Waals surface area contributed by atoms with E-state index in [4.69, 9.17) is 0 Å². The van der Waals surface area contributed by atoms with Crippen LogP contribution in [-0.2, 0) is 11.8 Å². The summed E-state index contributed by atoms with van der Waals surface area (Å²) in [5.41, 5.74) is -0.137. The predicted octanol–water partition coefficient (Wildman–Crippen LogP) is 0.997. The van der Waals surface area contributed by atoms with Crippen molar-refractivity contribution in [1.82, 2.24) is 14.7 Å². The van der Waals surface area contributed by atoms with Gasteiger partial charge in [0.15, 0.2) is 0 Å². The third-order valence-corrected chi connectivity index (χ3v) is 2.80. The first-order valence-electron chi connectivity index (χ1n) is 6.14. The van der Waals surface area contributed by atoms with Crippen molar-refractivity contribution in [2.45, 2.75) is 26.8 Å². The molecule has 0 fully saturated rings. The van der Waals surface area contributed by atoms with Gasteiger partial charge in [0, 0.05) is 20.1 Å². The highest BCUT2D eigenvalue weighted by Gasteiger charge is 2.24. The van der Waals surface area contributed by atoms with Crippen molar-refractivity contribution in [2.75, 3.05) is 18.4 Å². The van der Waals surface area contributed by atoms with E-state index in [1.807, 2.05) is 13.8 Å². The zero-order chi connectivity index (χ0) is 14.6. The van der Waals surface area contributed by atoms with Crippen molar-refractivity contribution in [1.29, 1.82) is 0 Å². The van der Waals surface area contributed by atoms with Crippen molar-refractivity contribution >= 4 is 17.4 Å². The Morgan fingerprint density at radius 1 is 1.58 bits per heavy atom. The van der Waals surface area contributed by atoms with Crippen LogP contribution in [0.15, 0.2) is 6.20 Å². The van der Waals surface area contributed by atoms with Crippen LogP contribution in [0.2, 0.25) is 0 Å². The highest BCUT2D eigenvalue weighted by atomic mass is 16.6. The minimum atomic E-state index is -0.562. The summed E-state index contributed by atoms with van der Waals surface area (Å²) >= 11 is 0. The summed E-state index contributed by atoms with van der Waals surface area (Å²) in [6.07, 6.45) is 1.30. The Balaban J connectivity index is 2.84. The lowest BCUT2D eigenvalue weighted by Crippen LogP contribution is -2.41. The molecule has 8 heteroatoms. The number of hydrogen-bond acceptors (Lipinski definition) is 5. The number of carbonyl (C=O) groups is 1. The lowest BCUT2D eigenvalue weighted by molar-refractivity contribution is -0.384. The molecular formula is C11H19N5O3. The fraction of sp³-hybridized carbons (Fsp3) is 0.636. The molecule has 1 heterocycles. The first kappa shape index (κ1) is 14.9. The first-order chi connectivity index (χ1) is 8.90. The maximum absolute atomic E-state index is 12.1. The van der Waals surface area contributed by atoms with Gasteiger partial charge in [0.25, 0.3) is 0 Å². The molecule has 106 valence electrons. The second-order valence-electron chi connectivity index (χ2n) is 4.17. The number of aromatic nitrogens is 2. The Kier molecular flexibility index (Phi) is 4.85. The number of carbonyl (C=O) groups excluding carboxylic acids is 1. The lowest BCUT2D eigenvalue weighted by Gasteiger charge is -2.23. The van der Waals surface area contributed by atoms with E-state index in [1.54, 1.807) is 18.9 Å². The largest absolute Gasteiger partial charge is 0.351 e.